The molecule has 2 aliphatic rings. The van der Waals surface area contributed by atoms with E-state index in [1.807, 2.05) is 0 Å². The second kappa shape index (κ2) is 7.84. The molecule has 1 aromatic rings. The molecular formula is C21H30F2O. The van der Waals surface area contributed by atoms with Gasteiger partial charge in [0.2, 0.25) is 5.82 Å². The molecule has 3 rings (SSSR count). The van der Waals surface area contributed by atoms with Crippen molar-refractivity contribution >= 4 is 0 Å². The van der Waals surface area contributed by atoms with Crippen molar-refractivity contribution in [2.24, 2.45) is 23.7 Å². The molecule has 0 N–H and O–H groups in total. The number of benzene rings is 1. The molecular weight excluding hydrogens is 306 g/mol. The van der Waals surface area contributed by atoms with E-state index in [-0.39, 0.29) is 5.75 Å². The van der Waals surface area contributed by atoms with Gasteiger partial charge >= 0.3 is 0 Å². The van der Waals surface area contributed by atoms with E-state index in [2.05, 4.69) is 6.92 Å². The van der Waals surface area contributed by atoms with E-state index >= 15 is 0 Å². The number of rotatable bonds is 4. The Labute approximate surface area is 144 Å². The molecule has 2 aliphatic carbocycles. The summed E-state index contributed by atoms with van der Waals surface area (Å²) in [6.45, 7) is 4.64. The minimum atomic E-state index is -0.856. The fourth-order valence-corrected chi connectivity index (χ4v) is 4.59. The fraction of sp³-hybridized carbons (Fsp3) is 0.714. The molecule has 1 aromatic carbocycles. The van der Waals surface area contributed by atoms with Crippen molar-refractivity contribution in [3.8, 4) is 5.75 Å². The van der Waals surface area contributed by atoms with E-state index < -0.39 is 11.6 Å². The van der Waals surface area contributed by atoms with Gasteiger partial charge in [-0.2, -0.15) is 4.39 Å². The fourth-order valence-electron chi connectivity index (χ4n) is 4.59. The summed E-state index contributed by atoms with van der Waals surface area (Å²) < 4.78 is 32.8. The predicted molar refractivity (Wildman–Crippen MR) is 93.2 cm³/mol. The Bertz CT molecular complexity index is 541. The van der Waals surface area contributed by atoms with Crippen LogP contribution in [0, 0.1) is 42.2 Å². The van der Waals surface area contributed by atoms with Crippen LogP contribution in [0.15, 0.2) is 12.1 Å². The third-order valence-electron chi connectivity index (χ3n) is 6.23. The SMILES string of the molecule is Cc1cc(F)c(F)c(OCC2CCC(C3CCC(C)CC3)CC2)c1. The first-order valence-corrected chi connectivity index (χ1v) is 9.61. The van der Waals surface area contributed by atoms with Crippen LogP contribution in [0.4, 0.5) is 8.78 Å². The lowest BCUT2D eigenvalue weighted by Gasteiger charge is -2.37. The summed E-state index contributed by atoms with van der Waals surface area (Å²) in [5.41, 5.74) is 0.694. The molecule has 0 heterocycles. The van der Waals surface area contributed by atoms with E-state index in [1.165, 1.54) is 44.6 Å². The highest BCUT2D eigenvalue weighted by molar-refractivity contribution is 5.30. The van der Waals surface area contributed by atoms with Gasteiger partial charge in [-0.1, -0.05) is 19.8 Å². The summed E-state index contributed by atoms with van der Waals surface area (Å²) in [6.07, 6.45) is 10.5. The zero-order valence-electron chi connectivity index (χ0n) is 15.0. The molecule has 0 aliphatic heterocycles. The molecule has 0 unspecified atom stereocenters. The second-order valence-electron chi connectivity index (χ2n) is 8.17. The van der Waals surface area contributed by atoms with E-state index in [4.69, 9.17) is 4.74 Å². The average Bonchev–Trinajstić information content (AvgIpc) is 2.58. The normalized spacial score (nSPS) is 31.0. The highest BCUT2D eigenvalue weighted by Gasteiger charge is 2.30. The van der Waals surface area contributed by atoms with Crippen LogP contribution in [0.25, 0.3) is 0 Å². The second-order valence-corrected chi connectivity index (χ2v) is 8.17. The van der Waals surface area contributed by atoms with Gasteiger partial charge in [0, 0.05) is 0 Å². The smallest absolute Gasteiger partial charge is 0.200 e. The number of halogens is 2. The Hall–Kier alpha value is -1.12. The zero-order chi connectivity index (χ0) is 17.1. The molecule has 0 atom stereocenters. The van der Waals surface area contributed by atoms with Crippen molar-refractivity contribution in [2.75, 3.05) is 6.61 Å². The predicted octanol–water partition coefficient (Wildman–Crippen LogP) is 6.28. The van der Waals surface area contributed by atoms with Crippen molar-refractivity contribution < 1.29 is 13.5 Å². The van der Waals surface area contributed by atoms with Gasteiger partial charge in [-0.05, 0) is 86.8 Å². The third kappa shape index (κ3) is 4.29. The van der Waals surface area contributed by atoms with E-state index in [0.717, 1.165) is 30.6 Å². The molecule has 2 fully saturated rings. The molecule has 0 aromatic heterocycles. The van der Waals surface area contributed by atoms with E-state index in [0.29, 0.717) is 18.1 Å². The maximum Gasteiger partial charge on any atom is 0.200 e. The highest BCUT2D eigenvalue weighted by atomic mass is 19.2. The molecule has 134 valence electrons. The number of hydrogen-bond donors (Lipinski definition) is 0. The largest absolute Gasteiger partial charge is 0.490 e. The monoisotopic (exact) mass is 336 g/mol. The number of ether oxygens (including phenoxy) is 1. The van der Waals surface area contributed by atoms with Crippen molar-refractivity contribution in [1.82, 2.24) is 0 Å². The van der Waals surface area contributed by atoms with Gasteiger partial charge < -0.3 is 4.74 Å². The lowest BCUT2D eigenvalue weighted by molar-refractivity contribution is 0.124. The molecule has 0 spiro atoms. The van der Waals surface area contributed by atoms with E-state index in [9.17, 15) is 8.78 Å². The maximum absolute atomic E-state index is 13.8. The van der Waals surface area contributed by atoms with Crippen LogP contribution >= 0.6 is 0 Å². The Balaban J connectivity index is 1.46. The summed E-state index contributed by atoms with van der Waals surface area (Å²) in [6, 6.07) is 2.80. The lowest BCUT2D eigenvalue weighted by Crippen LogP contribution is -2.27. The first-order chi connectivity index (χ1) is 11.5. The first-order valence-electron chi connectivity index (χ1n) is 9.61. The van der Waals surface area contributed by atoms with E-state index in [1.54, 1.807) is 13.0 Å². The number of hydrogen-bond acceptors (Lipinski definition) is 1. The Morgan fingerprint density at radius 2 is 1.50 bits per heavy atom. The molecule has 0 bridgehead atoms. The van der Waals surface area contributed by atoms with Crippen molar-refractivity contribution in [2.45, 2.75) is 65.2 Å². The summed E-state index contributed by atoms with van der Waals surface area (Å²) in [5, 5.41) is 0. The topological polar surface area (TPSA) is 9.23 Å². The molecule has 0 amide bonds. The Kier molecular flexibility index (Phi) is 5.78. The molecule has 0 radical (unpaired) electrons. The minimum Gasteiger partial charge on any atom is -0.490 e. The average molecular weight is 336 g/mol. The maximum atomic E-state index is 13.8. The van der Waals surface area contributed by atoms with Gasteiger partial charge in [0.1, 0.15) is 0 Å². The van der Waals surface area contributed by atoms with Crippen molar-refractivity contribution in [3.05, 3.63) is 29.3 Å². The highest BCUT2D eigenvalue weighted by Crippen LogP contribution is 2.41. The van der Waals surface area contributed by atoms with Gasteiger partial charge in [0.15, 0.2) is 11.6 Å². The van der Waals surface area contributed by atoms with Crippen LogP contribution in [0.5, 0.6) is 5.75 Å². The standard InChI is InChI=1S/C21H30F2O/c1-14-3-7-17(8-4-14)18-9-5-16(6-10-18)13-24-20-12-15(2)11-19(22)21(20)23/h11-12,14,16-18H,3-10,13H2,1-2H3. The quantitative estimate of drug-likeness (QED) is 0.628. The first kappa shape index (κ1) is 17.7. The van der Waals surface area contributed by atoms with Crippen LogP contribution in [-0.4, -0.2) is 6.61 Å². The molecule has 1 nitrogen and oxygen atoms in total. The molecule has 3 heteroatoms. The van der Waals surface area contributed by atoms with Gasteiger partial charge in [-0.25, -0.2) is 4.39 Å². The Morgan fingerprint density at radius 1 is 0.917 bits per heavy atom. The Morgan fingerprint density at radius 3 is 2.12 bits per heavy atom. The van der Waals surface area contributed by atoms with Crippen LogP contribution in [-0.2, 0) is 0 Å². The summed E-state index contributed by atoms with van der Waals surface area (Å²) in [7, 11) is 0. The van der Waals surface area contributed by atoms with Gasteiger partial charge in [-0.15, -0.1) is 0 Å². The lowest BCUT2D eigenvalue weighted by atomic mass is 9.69. The minimum absolute atomic E-state index is 0.0656. The van der Waals surface area contributed by atoms with Crippen LogP contribution in [0.1, 0.15) is 63.9 Å². The molecule has 24 heavy (non-hydrogen) atoms. The van der Waals surface area contributed by atoms with Crippen molar-refractivity contribution in [3.63, 3.8) is 0 Å². The van der Waals surface area contributed by atoms with Gasteiger partial charge in [0.25, 0.3) is 0 Å². The zero-order valence-corrected chi connectivity index (χ0v) is 15.0. The third-order valence-corrected chi connectivity index (χ3v) is 6.23. The van der Waals surface area contributed by atoms with Gasteiger partial charge in [0.05, 0.1) is 6.61 Å². The summed E-state index contributed by atoms with van der Waals surface area (Å²) in [5.74, 6) is 1.58. The van der Waals surface area contributed by atoms with Crippen LogP contribution < -0.4 is 4.74 Å². The number of aryl methyl sites for hydroxylation is 1. The van der Waals surface area contributed by atoms with Crippen LogP contribution in [0.2, 0.25) is 0 Å². The van der Waals surface area contributed by atoms with Crippen LogP contribution in [0.3, 0.4) is 0 Å². The molecule has 0 saturated heterocycles. The van der Waals surface area contributed by atoms with Crippen molar-refractivity contribution in [1.29, 1.82) is 0 Å². The summed E-state index contributed by atoms with van der Waals surface area (Å²) >= 11 is 0. The summed E-state index contributed by atoms with van der Waals surface area (Å²) in [4.78, 5) is 0. The van der Waals surface area contributed by atoms with Gasteiger partial charge in [-0.3, -0.25) is 0 Å². The molecule has 2 saturated carbocycles.